The largest absolute Gasteiger partial charge is 0.508 e. The minimum absolute atomic E-state index is 0.151. The van der Waals surface area contributed by atoms with Crippen LogP contribution < -0.4 is 0 Å². The van der Waals surface area contributed by atoms with E-state index < -0.39 is 13.0 Å². The highest BCUT2D eigenvalue weighted by Gasteiger charge is 2.17. The molecular formula is C15H16F2N2O2. The Hall–Kier alpha value is -2.37. The van der Waals surface area contributed by atoms with Crippen molar-refractivity contribution in [3.05, 3.63) is 53.9 Å². The van der Waals surface area contributed by atoms with E-state index in [1.54, 1.807) is 25.2 Å². The van der Waals surface area contributed by atoms with Gasteiger partial charge in [0.25, 0.3) is 12.3 Å². The van der Waals surface area contributed by atoms with Crippen molar-refractivity contribution in [1.29, 1.82) is 0 Å². The van der Waals surface area contributed by atoms with Crippen LogP contribution in [0.25, 0.3) is 0 Å². The standard InChI is InChI=1S/C15H16F2N2O2/c1-18(9-11-4-6-12(20)7-5-11)15(21)13-3-2-8-19(13)10-14(16)17/h2-8,14,20H,9-10H2,1H3. The first-order valence-electron chi connectivity index (χ1n) is 6.44. The summed E-state index contributed by atoms with van der Waals surface area (Å²) in [5.74, 6) is -0.174. The molecule has 0 bridgehead atoms. The third-order valence-corrected chi connectivity index (χ3v) is 3.09. The molecule has 2 rings (SSSR count). The lowest BCUT2D eigenvalue weighted by atomic mass is 10.2. The monoisotopic (exact) mass is 294 g/mol. The molecule has 6 heteroatoms. The maximum Gasteiger partial charge on any atom is 0.270 e. The first-order valence-corrected chi connectivity index (χ1v) is 6.44. The van der Waals surface area contributed by atoms with Gasteiger partial charge in [-0.15, -0.1) is 0 Å². The number of phenols is 1. The molecule has 0 radical (unpaired) electrons. The van der Waals surface area contributed by atoms with Crippen molar-refractivity contribution < 1.29 is 18.7 Å². The molecule has 0 atom stereocenters. The van der Waals surface area contributed by atoms with E-state index in [0.717, 1.165) is 5.56 Å². The maximum atomic E-state index is 12.5. The van der Waals surface area contributed by atoms with Crippen LogP contribution in [0.5, 0.6) is 5.75 Å². The Morgan fingerprint density at radius 3 is 2.57 bits per heavy atom. The summed E-state index contributed by atoms with van der Waals surface area (Å²) < 4.78 is 26.2. The Kier molecular flexibility index (Phi) is 4.57. The zero-order chi connectivity index (χ0) is 15.4. The molecule has 112 valence electrons. The van der Waals surface area contributed by atoms with Crippen molar-refractivity contribution in [2.45, 2.75) is 19.5 Å². The molecule has 0 unspecified atom stereocenters. The third-order valence-electron chi connectivity index (χ3n) is 3.09. The van der Waals surface area contributed by atoms with Gasteiger partial charge in [0.2, 0.25) is 0 Å². The second kappa shape index (κ2) is 6.39. The Morgan fingerprint density at radius 2 is 1.95 bits per heavy atom. The van der Waals surface area contributed by atoms with Crippen molar-refractivity contribution in [2.24, 2.45) is 0 Å². The number of nitrogens with zero attached hydrogens (tertiary/aromatic N) is 2. The molecule has 1 amide bonds. The number of benzene rings is 1. The van der Waals surface area contributed by atoms with Gasteiger partial charge in [-0.1, -0.05) is 12.1 Å². The van der Waals surface area contributed by atoms with E-state index in [9.17, 15) is 18.7 Å². The quantitative estimate of drug-likeness (QED) is 0.921. The molecular weight excluding hydrogens is 278 g/mol. The number of phenolic OH excluding ortho intramolecular Hbond substituents is 1. The topological polar surface area (TPSA) is 45.5 Å². The van der Waals surface area contributed by atoms with Crippen LogP contribution in [0.4, 0.5) is 8.78 Å². The molecule has 0 aliphatic heterocycles. The van der Waals surface area contributed by atoms with Gasteiger partial charge >= 0.3 is 0 Å². The predicted molar refractivity (Wildman–Crippen MR) is 74.3 cm³/mol. The number of aromatic hydroxyl groups is 1. The first-order chi connectivity index (χ1) is 9.97. The lowest BCUT2D eigenvalue weighted by Crippen LogP contribution is -2.28. The number of rotatable bonds is 5. The van der Waals surface area contributed by atoms with Crippen LogP contribution in [0.2, 0.25) is 0 Å². The van der Waals surface area contributed by atoms with E-state index in [-0.39, 0.29) is 17.4 Å². The van der Waals surface area contributed by atoms with Crippen LogP contribution in [0.1, 0.15) is 16.1 Å². The van der Waals surface area contributed by atoms with Crippen LogP contribution in [0.15, 0.2) is 42.6 Å². The van der Waals surface area contributed by atoms with Gasteiger partial charge in [-0.05, 0) is 29.8 Å². The zero-order valence-corrected chi connectivity index (χ0v) is 11.5. The summed E-state index contributed by atoms with van der Waals surface area (Å²) in [6.07, 6.45) is -1.04. The highest BCUT2D eigenvalue weighted by Crippen LogP contribution is 2.14. The first kappa shape index (κ1) is 15.0. The molecule has 0 spiro atoms. The van der Waals surface area contributed by atoms with Gasteiger partial charge in [-0.25, -0.2) is 8.78 Å². The third kappa shape index (κ3) is 3.81. The van der Waals surface area contributed by atoms with E-state index in [1.165, 1.54) is 33.9 Å². The molecule has 2 aromatic rings. The van der Waals surface area contributed by atoms with Gasteiger partial charge in [0.05, 0.1) is 6.54 Å². The number of aromatic nitrogens is 1. The summed E-state index contributed by atoms with van der Waals surface area (Å²) in [6, 6.07) is 9.58. The zero-order valence-electron chi connectivity index (χ0n) is 11.5. The minimum atomic E-state index is -2.51. The van der Waals surface area contributed by atoms with Crippen molar-refractivity contribution in [2.75, 3.05) is 7.05 Å². The van der Waals surface area contributed by atoms with Gasteiger partial charge in [0, 0.05) is 19.8 Å². The summed E-state index contributed by atoms with van der Waals surface area (Å²) in [5, 5.41) is 9.22. The van der Waals surface area contributed by atoms with Crippen molar-refractivity contribution in [1.82, 2.24) is 9.47 Å². The van der Waals surface area contributed by atoms with E-state index in [1.807, 2.05) is 0 Å². The number of hydrogen-bond acceptors (Lipinski definition) is 2. The Labute approximate surface area is 121 Å². The molecule has 0 saturated heterocycles. The fourth-order valence-electron chi connectivity index (χ4n) is 2.06. The van der Waals surface area contributed by atoms with Crippen LogP contribution in [-0.4, -0.2) is 34.0 Å². The van der Waals surface area contributed by atoms with E-state index in [4.69, 9.17) is 0 Å². The molecule has 0 fully saturated rings. The molecule has 0 saturated carbocycles. The number of amides is 1. The molecule has 4 nitrogen and oxygen atoms in total. The Bertz CT molecular complexity index is 608. The van der Waals surface area contributed by atoms with Crippen LogP contribution in [0.3, 0.4) is 0 Å². The normalized spacial score (nSPS) is 10.9. The predicted octanol–water partition coefficient (Wildman–Crippen LogP) is 2.73. The fraction of sp³-hybridized carbons (Fsp3) is 0.267. The van der Waals surface area contributed by atoms with Gasteiger partial charge in [-0.2, -0.15) is 0 Å². The summed E-state index contributed by atoms with van der Waals surface area (Å²) in [5.41, 5.74) is 1.08. The second-order valence-electron chi connectivity index (χ2n) is 4.76. The Balaban J connectivity index is 2.08. The molecule has 0 aliphatic carbocycles. The van der Waals surface area contributed by atoms with Gasteiger partial charge in [-0.3, -0.25) is 4.79 Å². The SMILES string of the molecule is CN(Cc1ccc(O)cc1)C(=O)c1cccn1CC(F)F. The Morgan fingerprint density at radius 1 is 1.29 bits per heavy atom. The van der Waals surface area contributed by atoms with Crippen LogP contribution >= 0.6 is 0 Å². The number of hydrogen-bond donors (Lipinski definition) is 1. The fourth-order valence-corrected chi connectivity index (χ4v) is 2.06. The molecule has 1 heterocycles. The molecule has 1 aromatic carbocycles. The van der Waals surface area contributed by atoms with Crippen molar-refractivity contribution >= 4 is 5.91 Å². The van der Waals surface area contributed by atoms with Gasteiger partial charge < -0.3 is 14.6 Å². The van der Waals surface area contributed by atoms with Gasteiger partial charge in [0.1, 0.15) is 11.4 Å². The lowest BCUT2D eigenvalue weighted by molar-refractivity contribution is 0.0764. The smallest absolute Gasteiger partial charge is 0.270 e. The second-order valence-corrected chi connectivity index (χ2v) is 4.76. The summed E-state index contributed by atoms with van der Waals surface area (Å²) in [6.45, 7) is -0.167. The van der Waals surface area contributed by atoms with Crippen LogP contribution in [0, 0.1) is 0 Å². The molecule has 0 aliphatic rings. The maximum absolute atomic E-state index is 12.5. The molecule has 1 N–H and O–H groups in total. The molecule has 1 aromatic heterocycles. The van der Waals surface area contributed by atoms with E-state index in [0.29, 0.717) is 6.54 Å². The average molecular weight is 294 g/mol. The van der Waals surface area contributed by atoms with Gasteiger partial charge in [0.15, 0.2) is 0 Å². The number of halogens is 2. The van der Waals surface area contributed by atoms with Crippen molar-refractivity contribution in [3.63, 3.8) is 0 Å². The average Bonchev–Trinajstić information content (AvgIpc) is 2.87. The summed E-state index contributed by atoms with van der Waals surface area (Å²) >= 11 is 0. The highest BCUT2D eigenvalue weighted by atomic mass is 19.3. The van der Waals surface area contributed by atoms with E-state index >= 15 is 0 Å². The minimum Gasteiger partial charge on any atom is -0.508 e. The highest BCUT2D eigenvalue weighted by molar-refractivity contribution is 5.92. The summed E-state index contributed by atoms with van der Waals surface area (Å²) in [7, 11) is 1.61. The number of alkyl halides is 2. The lowest BCUT2D eigenvalue weighted by Gasteiger charge is -2.18. The number of carbonyl (C=O) groups excluding carboxylic acids is 1. The molecule has 21 heavy (non-hydrogen) atoms. The summed E-state index contributed by atoms with van der Waals surface area (Å²) in [4.78, 5) is 13.7. The van der Waals surface area contributed by atoms with E-state index in [2.05, 4.69) is 0 Å². The van der Waals surface area contributed by atoms with Crippen molar-refractivity contribution in [3.8, 4) is 5.75 Å². The number of carbonyl (C=O) groups is 1. The van der Waals surface area contributed by atoms with Crippen LogP contribution in [-0.2, 0) is 13.1 Å².